The predicted molar refractivity (Wildman–Crippen MR) is 95.2 cm³/mol. The lowest BCUT2D eigenvalue weighted by molar-refractivity contribution is -0.134. The first-order valence-corrected chi connectivity index (χ1v) is 7.93. The van der Waals surface area contributed by atoms with Crippen LogP contribution >= 0.6 is 15.9 Å². The van der Waals surface area contributed by atoms with Gasteiger partial charge in [-0.25, -0.2) is 9.59 Å². The van der Waals surface area contributed by atoms with Gasteiger partial charge < -0.3 is 15.5 Å². The minimum Gasteiger partial charge on any atom is -0.478 e. The molecule has 0 heterocycles. The molecule has 0 radical (unpaired) electrons. The normalized spacial score (nSPS) is 12.2. The first-order valence-electron chi connectivity index (χ1n) is 7.14. The average molecular weight is 400 g/mol. The van der Waals surface area contributed by atoms with Gasteiger partial charge in [-0.1, -0.05) is 28.1 Å². The summed E-state index contributed by atoms with van der Waals surface area (Å²) in [6.07, 6.45) is 1.12. The number of halogens is 1. The zero-order valence-electron chi connectivity index (χ0n) is 14.0. The predicted octanol–water partition coefficient (Wildman–Crippen LogP) is 3.12. The van der Waals surface area contributed by atoms with Gasteiger partial charge in [-0.2, -0.15) is 0 Å². The summed E-state index contributed by atoms with van der Waals surface area (Å²) >= 11 is 3.37. The minimum absolute atomic E-state index is 0.0545. The molecule has 1 rings (SSSR count). The summed E-state index contributed by atoms with van der Waals surface area (Å²) in [5.74, 6) is -2.39. The number of carbonyl (C=O) groups excluding carboxylic acids is 1. The molecule has 132 valence electrons. The van der Waals surface area contributed by atoms with Crippen molar-refractivity contribution in [2.24, 2.45) is 0 Å². The third kappa shape index (κ3) is 10.7. The highest BCUT2D eigenvalue weighted by molar-refractivity contribution is 9.10. The van der Waals surface area contributed by atoms with Crippen LogP contribution in [0.2, 0.25) is 0 Å². The van der Waals surface area contributed by atoms with Crippen molar-refractivity contribution in [3.63, 3.8) is 0 Å². The van der Waals surface area contributed by atoms with Crippen LogP contribution in [0.4, 0.5) is 0 Å². The van der Waals surface area contributed by atoms with E-state index in [0.29, 0.717) is 12.2 Å². The fraction of sp³-hybridized carbons (Fsp3) is 0.353. The van der Waals surface area contributed by atoms with Crippen LogP contribution in [0.15, 0.2) is 40.9 Å². The van der Waals surface area contributed by atoms with Crippen molar-refractivity contribution in [2.75, 3.05) is 0 Å². The van der Waals surface area contributed by atoms with E-state index < -0.39 is 11.9 Å². The van der Waals surface area contributed by atoms with E-state index in [0.717, 1.165) is 10.0 Å². The summed E-state index contributed by atoms with van der Waals surface area (Å²) < 4.78 is 0.932. The van der Waals surface area contributed by atoms with Crippen LogP contribution in [0.1, 0.15) is 38.1 Å². The fourth-order valence-corrected chi connectivity index (χ4v) is 2.15. The van der Waals surface area contributed by atoms with Gasteiger partial charge in [0.25, 0.3) is 0 Å². The van der Waals surface area contributed by atoms with Crippen molar-refractivity contribution in [3.05, 3.63) is 46.5 Å². The summed E-state index contributed by atoms with van der Waals surface area (Å²) in [5.41, 5.74) is 0.680. The van der Waals surface area contributed by atoms with Gasteiger partial charge in [-0.3, -0.25) is 4.79 Å². The highest BCUT2D eigenvalue weighted by atomic mass is 79.9. The summed E-state index contributed by atoms with van der Waals surface area (Å²) in [4.78, 5) is 31.2. The van der Waals surface area contributed by atoms with Gasteiger partial charge in [0.1, 0.15) is 0 Å². The maximum absolute atomic E-state index is 12.1. The van der Waals surface area contributed by atoms with Crippen LogP contribution in [-0.4, -0.2) is 39.5 Å². The number of rotatable bonds is 5. The Morgan fingerprint density at radius 1 is 1.12 bits per heavy atom. The van der Waals surface area contributed by atoms with E-state index in [9.17, 15) is 14.4 Å². The largest absolute Gasteiger partial charge is 0.478 e. The third-order valence-corrected chi connectivity index (χ3v) is 3.01. The number of hydrogen-bond donors (Lipinski definition) is 3. The number of benzene rings is 1. The smallest absolute Gasteiger partial charge is 0.328 e. The van der Waals surface area contributed by atoms with E-state index >= 15 is 0 Å². The van der Waals surface area contributed by atoms with Gasteiger partial charge >= 0.3 is 11.9 Å². The maximum Gasteiger partial charge on any atom is 0.328 e. The maximum atomic E-state index is 12.1. The van der Waals surface area contributed by atoms with Crippen molar-refractivity contribution >= 4 is 33.7 Å². The SMILES string of the molecule is CC(NC(C)(C)C)C(=O)c1cccc(Br)c1.O=C(O)/C=C/C(=O)O. The number of nitrogens with one attached hydrogen (secondary N) is 1. The highest BCUT2D eigenvalue weighted by Gasteiger charge is 2.20. The lowest BCUT2D eigenvalue weighted by atomic mass is 10.0. The summed E-state index contributed by atoms with van der Waals surface area (Å²) in [6.45, 7) is 8.06. The third-order valence-electron chi connectivity index (χ3n) is 2.52. The Bertz CT molecular complexity index is 604. The van der Waals surface area contributed by atoms with Crippen molar-refractivity contribution in [3.8, 4) is 0 Å². The number of aliphatic carboxylic acids is 2. The van der Waals surface area contributed by atoms with E-state index in [1.165, 1.54) is 0 Å². The summed E-state index contributed by atoms with van der Waals surface area (Å²) in [5, 5.41) is 18.9. The molecule has 0 aliphatic carbocycles. The van der Waals surface area contributed by atoms with Gasteiger partial charge in [0, 0.05) is 27.7 Å². The van der Waals surface area contributed by atoms with Crippen molar-refractivity contribution in [1.29, 1.82) is 0 Å². The Labute approximate surface area is 149 Å². The van der Waals surface area contributed by atoms with Crippen LogP contribution < -0.4 is 5.32 Å². The van der Waals surface area contributed by atoms with E-state index in [4.69, 9.17) is 10.2 Å². The topological polar surface area (TPSA) is 104 Å². The molecule has 1 unspecified atom stereocenters. The molecule has 0 aliphatic heterocycles. The summed E-state index contributed by atoms with van der Waals surface area (Å²) in [6, 6.07) is 7.31. The van der Waals surface area contributed by atoms with E-state index in [2.05, 4.69) is 42.0 Å². The molecule has 1 aromatic rings. The molecule has 0 saturated carbocycles. The number of ketones is 1. The Hall–Kier alpha value is -1.99. The number of Topliss-reactive ketones (excluding diaryl/α,β-unsaturated/α-hetero) is 1. The molecule has 0 bridgehead atoms. The molecular formula is C17H22BrNO5. The van der Waals surface area contributed by atoms with Crippen molar-refractivity contribution < 1.29 is 24.6 Å². The zero-order chi connectivity index (χ0) is 18.9. The van der Waals surface area contributed by atoms with Crippen molar-refractivity contribution in [2.45, 2.75) is 39.3 Å². The molecule has 7 heteroatoms. The van der Waals surface area contributed by atoms with Crippen LogP contribution in [0, 0.1) is 0 Å². The van der Waals surface area contributed by atoms with Crippen LogP contribution in [-0.2, 0) is 9.59 Å². The molecule has 6 nitrogen and oxygen atoms in total. The quantitative estimate of drug-likeness (QED) is 0.518. The standard InChI is InChI=1S/C13H18BrNO.C4H4O4/c1-9(15-13(2,3)4)12(16)10-6-5-7-11(14)8-10;5-3(6)1-2-4(7)8/h5-9,15H,1-4H3;1-2H,(H,5,6)(H,7,8)/b;2-1+. The zero-order valence-corrected chi connectivity index (χ0v) is 15.6. The Morgan fingerprint density at radius 2 is 1.62 bits per heavy atom. The van der Waals surface area contributed by atoms with Crippen LogP contribution in [0.25, 0.3) is 0 Å². The second-order valence-corrected chi connectivity index (χ2v) is 6.92. The van der Waals surface area contributed by atoms with Crippen LogP contribution in [0.3, 0.4) is 0 Å². The molecule has 1 atom stereocenters. The van der Waals surface area contributed by atoms with E-state index in [1.54, 1.807) is 0 Å². The van der Waals surface area contributed by atoms with Gasteiger partial charge in [0.15, 0.2) is 5.78 Å². The van der Waals surface area contributed by atoms with Gasteiger partial charge in [0.2, 0.25) is 0 Å². The molecule has 24 heavy (non-hydrogen) atoms. The Morgan fingerprint density at radius 3 is 2.00 bits per heavy atom. The van der Waals surface area contributed by atoms with Gasteiger partial charge in [-0.15, -0.1) is 0 Å². The monoisotopic (exact) mass is 399 g/mol. The number of carboxylic acid groups (broad SMARTS) is 2. The molecule has 0 amide bonds. The molecular weight excluding hydrogens is 378 g/mol. The Balaban J connectivity index is 0.000000561. The van der Waals surface area contributed by atoms with Crippen molar-refractivity contribution in [1.82, 2.24) is 5.32 Å². The van der Waals surface area contributed by atoms with Crippen LogP contribution in [0.5, 0.6) is 0 Å². The minimum atomic E-state index is -1.26. The molecule has 1 aromatic carbocycles. The second kappa shape index (κ2) is 10.00. The number of carbonyl (C=O) groups is 3. The first kappa shape index (κ1) is 22.0. The highest BCUT2D eigenvalue weighted by Crippen LogP contribution is 2.14. The van der Waals surface area contributed by atoms with Gasteiger partial charge in [-0.05, 0) is 39.8 Å². The molecule has 0 spiro atoms. The first-order chi connectivity index (χ1) is 10.9. The number of hydrogen-bond acceptors (Lipinski definition) is 4. The average Bonchev–Trinajstić information content (AvgIpc) is 2.43. The lowest BCUT2D eigenvalue weighted by Gasteiger charge is -2.25. The number of carboxylic acids is 2. The lowest BCUT2D eigenvalue weighted by Crippen LogP contribution is -2.46. The molecule has 3 N–H and O–H groups in total. The Kier molecular flexibility index (Phi) is 9.17. The van der Waals surface area contributed by atoms with E-state index in [-0.39, 0.29) is 17.4 Å². The second-order valence-electron chi connectivity index (χ2n) is 6.00. The van der Waals surface area contributed by atoms with Gasteiger partial charge in [0.05, 0.1) is 6.04 Å². The van der Waals surface area contributed by atoms with E-state index in [1.807, 2.05) is 31.2 Å². The molecule has 0 fully saturated rings. The fourth-order valence-electron chi connectivity index (χ4n) is 1.75. The molecule has 0 saturated heterocycles. The summed E-state index contributed by atoms with van der Waals surface area (Å²) in [7, 11) is 0. The molecule has 0 aromatic heterocycles. The molecule has 0 aliphatic rings.